The molecule has 0 spiro atoms. The van der Waals surface area contributed by atoms with Gasteiger partial charge < -0.3 is 15.2 Å². The van der Waals surface area contributed by atoms with Crippen molar-refractivity contribution < 1.29 is 14.6 Å². The normalized spacial score (nSPS) is 12.4. The van der Waals surface area contributed by atoms with E-state index in [-0.39, 0.29) is 13.2 Å². The van der Waals surface area contributed by atoms with E-state index < -0.39 is 6.09 Å². The van der Waals surface area contributed by atoms with E-state index in [1.807, 2.05) is 12.2 Å². The van der Waals surface area contributed by atoms with Gasteiger partial charge in [0.2, 0.25) is 0 Å². The Hall–Kier alpha value is -1.73. The van der Waals surface area contributed by atoms with E-state index in [0.717, 1.165) is 12.0 Å². The van der Waals surface area contributed by atoms with E-state index >= 15 is 0 Å². The Morgan fingerprint density at radius 3 is 3.06 bits per heavy atom. The lowest BCUT2D eigenvalue weighted by molar-refractivity contribution is 0.156. The van der Waals surface area contributed by atoms with Crippen LogP contribution >= 0.6 is 0 Å². The second-order valence-electron chi connectivity index (χ2n) is 3.25. The average molecular weight is 221 g/mol. The first-order chi connectivity index (χ1) is 7.83. The summed E-state index contributed by atoms with van der Waals surface area (Å²) in [6.45, 7) is 0.860. The topological polar surface area (TPSA) is 58.6 Å². The third-order valence-corrected chi connectivity index (χ3v) is 1.92. The summed E-state index contributed by atoms with van der Waals surface area (Å²) in [5.74, 6) is 0. The van der Waals surface area contributed by atoms with Gasteiger partial charge in [0.25, 0.3) is 0 Å². The molecule has 1 amide bonds. The zero-order valence-electron chi connectivity index (χ0n) is 9.03. The quantitative estimate of drug-likeness (QED) is 0.525. The molecule has 0 aromatic rings. The number of ether oxygens (including phenoxy) is 1. The molecule has 4 nitrogen and oxygen atoms in total. The molecule has 0 unspecified atom stereocenters. The second kappa shape index (κ2) is 7.55. The maximum Gasteiger partial charge on any atom is 0.407 e. The highest BCUT2D eigenvalue weighted by Crippen LogP contribution is 1.99. The Balaban J connectivity index is 2.13. The third-order valence-electron chi connectivity index (χ3n) is 1.92. The molecule has 1 aliphatic carbocycles. The minimum Gasteiger partial charge on any atom is -0.444 e. The number of carbonyl (C=O) groups excluding carboxylic acids is 1. The summed E-state index contributed by atoms with van der Waals surface area (Å²) in [7, 11) is 0. The molecule has 0 saturated carbocycles. The Morgan fingerprint density at radius 2 is 2.38 bits per heavy atom. The molecule has 1 rings (SSSR count). The molecule has 0 aromatic carbocycles. The molecule has 0 heterocycles. The van der Waals surface area contributed by atoms with Gasteiger partial charge in [-0.05, 0) is 25.0 Å². The number of amides is 1. The third kappa shape index (κ3) is 5.23. The lowest BCUT2D eigenvalue weighted by Gasteiger charge is -2.06. The van der Waals surface area contributed by atoms with Crippen molar-refractivity contribution in [2.75, 3.05) is 19.8 Å². The molecule has 4 heteroatoms. The zero-order valence-corrected chi connectivity index (χ0v) is 9.03. The van der Waals surface area contributed by atoms with Crippen LogP contribution in [0.5, 0.6) is 0 Å². The Labute approximate surface area is 94.6 Å². The fraction of sp³-hybridized carbons (Fsp3) is 0.417. The van der Waals surface area contributed by atoms with Crippen molar-refractivity contribution >= 4 is 6.09 Å². The van der Waals surface area contributed by atoms with E-state index in [4.69, 9.17) is 9.84 Å². The molecule has 86 valence electrons. The molecule has 1 aliphatic rings. The molecule has 0 aliphatic heterocycles. The molecule has 0 fully saturated rings. The number of hydrogen-bond acceptors (Lipinski definition) is 3. The van der Waals surface area contributed by atoms with E-state index in [2.05, 4.69) is 16.8 Å². The minimum absolute atomic E-state index is 0.144. The molecule has 2 N–H and O–H groups in total. The van der Waals surface area contributed by atoms with Crippen molar-refractivity contribution in [3.05, 3.63) is 35.3 Å². The number of hydrogen-bond donors (Lipinski definition) is 2. The average Bonchev–Trinajstić information content (AvgIpc) is 2.33. The molecule has 0 radical (unpaired) electrons. The van der Waals surface area contributed by atoms with Gasteiger partial charge in [-0.2, -0.15) is 0 Å². The van der Waals surface area contributed by atoms with Gasteiger partial charge in [0.05, 0.1) is 0 Å². The lowest BCUT2D eigenvalue weighted by atomic mass is 10.2. The highest BCUT2D eigenvalue weighted by Gasteiger charge is 2.02. The highest BCUT2D eigenvalue weighted by atomic mass is 16.5. The van der Waals surface area contributed by atoms with Crippen LogP contribution in [0.2, 0.25) is 0 Å². The smallest absolute Gasteiger partial charge is 0.407 e. The molecule has 16 heavy (non-hydrogen) atoms. The van der Waals surface area contributed by atoms with Crippen molar-refractivity contribution in [3.8, 4) is 0 Å². The summed E-state index contributed by atoms with van der Waals surface area (Å²) in [4.78, 5) is 11.2. The number of aliphatic hydroxyl groups is 1. The molecule has 0 saturated heterocycles. The number of allylic oxidation sites excluding steroid dienone is 2. The van der Waals surface area contributed by atoms with Crippen LogP contribution in [0.25, 0.3) is 0 Å². The Bertz CT molecular complexity index is 358. The van der Waals surface area contributed by atoms with Crippen LogP contribution in [0, 0.1) is 0 Å². The molecule has 0 bridgehead atoms. The summed E-state index contributed by atoms with van der Waals surface area (Å²) < 4.78 is 4.94. The van der Waals surface area contributed by atoms with Gasteiger partial charge in [-0.1, -0.05) is 17.5 Å². The fourth-order valence-electron chi connectivity index (χ4n) is 1.09. The van der Waals surface area contributed by atoms with E-state index in [1.165, 1.54) is 0 Å². The first-order valence-electron chi connectivity index (χ1n) is 5.21. The molecular weight excluding hydrogens is 206 g/mol. The van der Waals surface area contributed by atoms with Gasteiger partial charge >= 0.3 is 6.09 Å². The first-order valence-corrected chi connectivity index (χ1v) is 5.21. The number of alkyl carbamates (subject to hydrolysis) is 1. The first kappa shape index (κ1) is 12.3. The van der Waals surface area contributed by atoms with Crippen LogP contribution < -0.4 is 5.32 Å². The van der Waals surface area contributed by atoms with Crippen molar-refractivity contribution in [1.29, 1.82) is 0 Å². The van der Waals surface area contributed by atoms with E-state index in [0.29, 0.717) is 13.0 Å². The van der Waals surface area contributed by atoms with Crippen LogP contribution in [-0.2, 0) is 4.74 Å². The van der Waals surface area contributed by atoms with Crippen LogP contribution in [0.4, 0.5) is 4.79 Å². The lowest BCUT2D eigenvalue weighted by Crippen LogP contribution is -2.26. The SMILES string of the molecule is O=C(NCCCCO)OCC1=C=C=CC=C1. The number of rotatable bonds is 6. The Kier molecular flexibility index (Phi) is 5.82. The monoisotopic (exact) mass is 221 g/mol. The maximum atomic E-state index is 11.2. The van der Waals surface area contributed by atoms with E-state index in [1.54, 1.807) is 6.08 Å². The summed E-state index contributed by atoms with van der Waals surface area (Å²) in [5, 5.41) is 11.1. The number of nitrogens with one attached hydrogen (secondary N) is 1. The van der Waals surface area contributed by atoms with Crippen molar-refractivity contribution in [2.45, 2.75) is 12.8 Å². The summed E-state index contributed by atoms with van der Waals surface area (Å²) in [6.07, 6.45) is 6.34. The van der Waals surface area contributed by atoms with Crippen LogP contribution in [0.3, 0.4) is 0 Å². The second-order valence-corrected chi connectivity index (χ2v) is 3.25. The largest absolute Gasteiger partial charge is 0.444 e. The van der Waals surface area contributed by atoms with Gasteiger partial charge in [-0.25, -0.2) is 4.79 Å². The summed E-state index contributed by atoms with van der Waals surface area (Å²) >= 11 is 0. The van der Waals surface area contributed by atoms with Crippen molar-refractivity contribution in [1.82, 2.24) is 5.32 Å². The summed E-state index contributed by atoms with van der Waals surface area (Å²) in [6, 6.07) is 0. The van der Waals surface area contributed by atoms with Gasteiger partial charge in [0, 0.05) is 18.7 Å². The number of carbonyl (C=O) groups is 1. The van der Waals surface area contributed by atoms with Crippen molar-refractivity contribution in [3.63, 3.8) is 0 Å². The maximum absolute atomic E-state index is 11.2. The van der Waals surface area contributed by atoms with Gasteiger partial charge in [-0.15, -0.1) is 0 Å². The van der Waals surface area contributed by atoms with Gasteiger partial charge in [-0.3, -0.25) is 0 Å². The van der Waals surface area contributed by atoms with E-state index in [9.17, 15) is 4.79 Å². The Morgan fingerprint density at radius 1 is 1.50 bits per heavy atom. The van der Waals surface area contributed by atoms with Crippen molar-refractivity contribution in [2.24, 2.45) is 0 Å². The van der Waals surface area contributed by atoms with Crippen LogP contribution in [0.15, 0.2) is 35.3 Å². The molecular formula is C12H15NO3. The van der Waals surface area contributed by atoms with Gasteiger partial charge in [0.1, 0.15) is 6.61 Å². The molecule has 0 aromatic heterocycles. The number of aliphatic hydroxyl groups excluding tert-OH is 1. The summed E-state index contributed by atoms with van der Waals surface area (Å²) in [5.41, 5.74) is 6.40. The minimum atomic E-state index is -0.449. The van der Waals surface area contributed by atoms with Gasteiger partial charge in [0.15, 0.2) is 0 Å². The fourth-order valence-corrected chi connectivity index (χ4v) is 1.09. The van der Waals surface area contributed by atoms with Crippen LogP contribution in [0.1, 0.15) is 12.8 Å². The predicted molar refractivity (Wildman–Crippen MR) is 59.9 cm³/mol. The highest BCUT2D eigenvalue weighted by molar-refractivity contribution is 5.67. The zero-order chi connectivity index (χ0) is 11.6. The van der Waals surface area contributed by atoms with Crippen LogP contribution in [-0.4, -0.2) is 31.0 Å². The predicted octanol–water partition coefficient (Wildman–Crippen LogP) is 1.29. The number of unbranched alkanes of at least 4 members (excludes halogenated alkanes) is 1. The molecule has 0 atom stereocenters. The standard InChI is InChI=1S/C12H15NO3/c14-9-5-4-8-13-12(15)16-10-11-6-2-1-3-7-11/h1-2,6,14H,4-5,8-10H2,(H,13,15).